The van der Waals surface area contributed by atoms with Gasteiger partial charge < -0.3 is 20.1 Å². The summed E-state index contributed by atoms with van der Waals surface area (Å²) in [5, 5.41) is 30.3. The minimum Gasteiger partial charge on any atom is -0.457 e. The van der Waals surface area contributed by atoms with Gasteiger partial charge in [-0.15, -0.1) is 0 Å². The van der Waals surface area contributed by atoms with Crippen molar-refractivity contribution in [2.45, 2.75) is 63.9 Å². The Labute approximate surface area is 145 Å². The molecular formula is C16H25IO5. The first-order chi connectivity index (χ1) is 10.2. The predicted molar refractivity (Wildman–Crippen MR) is 92.4 cm³/mol. The van der Waals surface area contributed by atoms with Gasteiger partial charge in [0.2, 0.25) is 0 Å². The maximum atomic E-state index is 12.0. The van der Waals surface area contributed by atoms with Crippen molar-refractivity contribution in [2.75, 3.05) is 0 Å². The molecule has 3 N–H and O–H groups in total. The van der Waals surface area contributed by atoms with E-state index in [1.165, 1.54) is 13.0 Å². The molecule has 0 aromatic rings. The highest BCUT2D eigenvalue weighted by atomic mass is 127. The molecule has 0 aromatic heterocycles. The molecule has 0 unspecified atom stereocenters. The Bertz CT molecular complexity index is 444. The molecule has 0 aliphatic carbocycles. The van der Waals surface area contributed by atoms with Gasteiger partial charge in [0.05, 0.1) is 18.1 Å². The van der Waals surface area contributed by atoms with Crippen LogP contribution in [0.2, 0.25) is 0 Å². The van der Waals surface area contributed by atoms with E-state index in [0.29, 0.717) is 0 Å². The van der Waals surface area contributed by atoms with E-state index in [9.17, 15) is 20.1 Å². The maximum absolute atomic E-state index is 12.0. The van der Waals surface area contributed by atoms with Crippen molar-refractivity contribution < 1.29 is 24.9 Å². The van der Waals surface area contributed by atoms with Crippen LogP contribution in [-0.2, 0) is 9.53 Å². The zero-order valence-electron chi connectivity index (χ0n) is 13.2. The Balaban J connectivity index is 3.07. The van der Waals surface area contributed by atoms with Crippen LogP contribution < -0.4 is 0 Å². The number of carbonyl (C=O) groups is 1. The highest BCUT2D eigenvalue weighted by molar-refractivity contribution is 14.1. The molecule has 6 heteroatoms. The van der Waals surface area contributed by atoms with Crippen LogP contribution >= 0.6 is 22.6 Å². The first-order valence-corrected chi connectivity index (χ1v) is 8.65. The van der Waals surface area contributed by atoms with Crippen molar-refractivity contribution in [2.24, 2.45) is 5.92 Å². The standard InChI is InChI=1S/C16H25IO5/c1-10-4-5-13(19)16(3,21)7-6-12(18)8-14(20)22-15(10)11(2)9-17/h4-5,9-10,12-13,15,18-19,21H,6-8H2,1-3H3/b5-4+,11-9+/t10-,12+,13-,15-,16+/m0/s1. The summed E-state index contributed by atoms with van der Waals surface area (Å²) in [5.74, 6) is -0.617. The number of esters is 1. The van der Waals surface area contributed by atoms with Crippen LogP contribution in [0.1, 0.15) is 40.0 Å². The number of aliphatic hydroxyl groups is 3. The third-order valence-corrected chi connectivity index (χ3v) is 4.96. The van der Waals surface area contributed by atoms with Crippen LogP contribution in [0.5, 0.6) is 0 Å². The third kappa shape index (κ3) is 5.64. The molecule has 1 rings (SSSR count). The van der Waals surface area contributed by atoms with Crippen LogP contribution in [0.15, 0.2) is 21.8 Å². The molecule has 0 fully saturated rings. The molecule has 5 atom stereocenters. The van der Waals surface area contributed by atoms with E-state index < -0.39 is 29.9 Å². The van der Waals surface area contributed by atoms with Crippen molar-refractivity contribution in [3.8, 4) is 0 Å². The van der Waals surface area contributed by atoms with E-state index >= 15 is 0 Å². The van der Waals surface area contributed by atoms with E-state index in [1.807, 2.05) is 17.9 Å². The number of cyclic esters (lactones) is 1. The second kappa shape index (κ2) is 8.42. The maximum Gasteiger partial charge on any atom is 0.309 e. The molecule has 0 saturated carbocycles. The topological polar surface area (TPSA) is 87.0 Å². The van der Waals surface area contributed by atoms with E-state index in [2.05, 4.69) is 22.6 Å². The smallest absolute Gasteiger partial charge is 0.309 e. The molecule has 0 bridgehead atoms. The molecule has 0 saturated heterocycles. The fourth-order valence-corrected chi connectivity index (χ4v) is 2.71. The Hall–Kier alpha value is -0.440. The molecule has 1 aliphatic heterocycles. The molecule has 0 radical (unpaired) electrons. The lowest BCUT2D eigenvalue weighted by Crippen LogP contribution is -2.39. The van der Waals surface area contributed by atoms with Crippen molar-refractivity contribution >= 4 is 28.6 Å². The van der Waals surface area contributed by atoms with Gasteiger partial charge >= 0.3 is 5.97 Å². The molecule has 1 heterocycles. The van der Waals surface area contributed by atoms with Gasteiger partial charge in [-0.1, -0.05) is 41.7 Å². The average Bonchev–Trinajstić information content (AvgIpc) is 2.46. The normalized spacial score (nSPS) is 40.3. The highest BCUT2D eigenvalue weighted by Crippen LogP contribution is 2.25. The number of carbonyl (C=O) groups excluding carboxylic acids is 1. The third-order valence-electron chi connectivity index (χ3n) is 3.98. The summed E-state index contributed by atoms with van der Waals surface area (Å²) in [5.41, 5.74) is -0.455. The zero-order chi connectivity index (χ0) is 16.9. The first kappa shape index (κ1) is 19.6. The zero-order valence-corrected chi connectivity index (χ0v) is 15.4. The fourth-order valence-electron chi connectivity index (χ4n) is 2.36. The van der Waals surface area contributed by atoms with Gasteiger partial charge in [-0.2, -0.15) is 0 Å². The molecular weight excluding hydrogens is 399 g/mol. The lowest BCUT2D eigenvalue weighted by molar-refractivity contribution is -0.151. The number of rotatable bonds is 1. The van der Waals surface area contributed by atoms with Crippen LogP contribution in [0.4, 0.5) is 0 Å². The summed E-state index contributed by atoms with van der Waals surface area (Å²) in [6, 6.07) is 0. The Morgan fingerprint density at radius 1 is 1.45 bits per heavy atom. The van der Waals surface area contributed by atoms with E-state index in [1.54, 1.807) is 6.08 Å². The molecule has 0 aromatic carbocycles. The Morgan fingerprint density at radius 2 is 2.09 bits per heavy atom. The molecule has 1 aliphatic rings. The summed E-state index contributed by atoms with van der Waals surface area (Å²) in [6.45, 7) is 5.27. The van der Waals surface area contributed by atoms with Gasteiger partial charge in [0.15, 0.2) is 0 Å². The summed E-state index contributed by atoms with van der Waals surface area (Å²) >= 11 is 2.08. The van der Waals surface area contributed by atoms with Crippen LogP contribution in [0, 0.1) is 5.92 Å². The van der Waals surface area contributed by atoms with E-state index in [4.69, 9.17) is 4.74 Å². The van der Waals surface area contributed by atoms with Crippen LogP contribution in [0.3, 0.4) is 0 Å². The van der Waals surface area contributed by atoms with Gasteiger partial charge in [0, 0.05) is 5.92 Å². The van der Waals surface area contributed by atoms with E-state index in [-0.39, 0.29) is 25.2 Å². The van der Waals surface area contributed by atoms with Gasteiger partial charge in [-0.3, -0.25) is 4.79 Å². The summed E-state index contributed by atoms with van der Waals surface area (Å²) in [6.07, 6.45) is 1.18. The van der Waals surface area contributed by atoms with E-state index in [0.717, 1.165) is 5.57 Å². The first-order valence-electron chi connectivity index (χ1n) is 7.40. The number of halogens is 1. The fraction of sp³-hybridized carbons (Fsp3) is 0.688. The lowest BCUT2D eigenvalue weighted by atomic mass is 9.89. The summed E-state index contributed by atoms with van der Waals surface area (Å²) in [4.78, 5) is 12.0. The minimum atomic E-state index is -1.34. The molecule has 5 nitrogen and oxygen atoms in total. The van der Waals surface area contributed by atoms with Crippen molar-refractivity contribution in [1.82, 2.24) is 0 Å². The van der Waals surface area contributed by atoms with Gasteiger partial charge in [0.25, 0.3) is 0 Å². The second-order valence-electron chi connectivity index (χ2n) is 6.21. The highest BCUT2D eigenvalue weighted by Gasteiger charge is 2.31. The number of hydrogen-bond acceptors (Lipinski definition) is 5. The SMILES string of the molecule is C/C(=C\I)[C@H]1OC(=O)C[C@H](O)CC[C@@](C)(O)[C@@H](O)/C=C/[C@@H]1C. The minimum absolute atomic E-state index is 0.117. The molecule has 22 heavy (non-hydrogen) atoms. The van der Waals surface area contributed by atoms with Gasteiger partial charge in [-0.05, 0) is 36.3 Å². The summed E-state index contributed by atoms with van der Waals surface area (Å²) in [7, 11) is 0. The monoisotopic (exact) mass is 424 g/mol. The number of ether oxygens (including phenoxy) is 1. The van der Waals surface area contributed by atoms with Gasteiger partial charge in [0.1, 0.15) is 12.2 Å². The number of aliphatic hydroxyl groups excluding tert-OH is 2. The molecule has 0 spiro atoms. The lowest BCUT2D eigenvalue weighted by Gasteiger charge is -2.30. The van der Waals surface area contributed by atoms with Crippen LogP contribution in [-0.4, -0.2) is 45.2 Å². The van der Waals surface area contributed by atoms with Gasteiger partial charge in [-0.25, -0.2) is 0 Å². The molecule has 126 valence electrons. The predicted octanol–water partition coefficient (Wildman–Crippen LogP) is 2.09. The van der Waals surface area contributed by atoms with Crippen LogP contribution in [0.25, 0.3) is 0 Å². The summed E-state index contributed by atoms with van der Waals surface area (Å²) < 4.78 is 7.32. The number of hydrogen-bond donors (Lipinski definition) is 3. The van der Waals surface area contributed by atoms with Crippen molar-refractivity contribution in [3.05, 3.63) is 21.8 Å². The van der Waals surface area contributed by atoms with Crippen molar-refractivity contribution in [1.29, 1.82) is 0 Å². The Kier molecular flexibility index (Phi) is 7.51. The second-order valence-corrected chi connectivity index (χ2v) is 6.83. The average molecular weight is 424 g/mol. The largest absolute Gasteiger partial charge is 0.457 e. The van der Waals surface area contributed by atoms with Crippen molar-refractivity contribution in [3.63, 3.8) is 0 Å². The Morgan fingerprint density at radius 3 is 2.68 bits per heavy atom. The quantitative estimate of drug-likeness (QED) is 0.341. The molecule has 0 amide bonds.